The molecule has 1 N–H and O–H groups in total. The van der Waals surface area contributed by atoms with Crippen molar-refractivity contribution in [1.29, 1.82) is 0 Å². The van der Waals surface area contributed by atoms with Crippen LogP contribution in [0.15, 0.2) is 40.9 Å². The molecule has 2 rings (SSSR count). The lowest BCUT2D eigenvalue weighted by Crippen LogP contribution is -2.27. The van der Waals surface area contributed by atoms with Crippen LogP contribution < -0.4 is 5.32 Å². The first kappa shape index (κ1) is 16.3. The van der Waals surface area contributed by atoms with Crippen LogP contribution in [0.3, 0.4) is 0 Å². The van der Waals surface area contributed by atoms with Gasteiger partial charge in [0.25, 0.3) is 5.91 Å². The third kappa shape index (κ3) is 3.79. The van der Waals surface area contributed by atoms with Crippen LogP contribution in [-0.4, -0.2) is 5.91 Å². The van der Waals surface area contributed by atoms with E-state index >= 15 is 0 Å². The maximum atomic E-state index is 12.4. The van der Waals surface area contributed by atoms with Crippen molar-refractivity contribution < 1.29 is 4.79 Å². The molecule has 2 aromatic carbocycles. The van der Waals surface area contributed by atoms with E-state index in [4.69, 9.17) is 23.2 Å². The molecule has 0 fully saturated rings. The number of benzene rings is 2. The Bertz CT molecular complexity index is 688. The van der Waals surface area contributed by atoms with E-state index in [-0.39, 0.29) is 11.9 Å². The van der Waals surface area contributed by atoms with Crippen molar-refractivity contribution in [3.8, 4) is 0 Å². The summed E-state index contributed by atoms with van der Waals surface area (Å²) in [7, 11) is 0. The van der Waals surface area contributed by atoms with Gasteiger partial charge in [0.1, 0.15) is 0 Å². The topological polar surface area (TPSA) is 29.1 Å². The monoisotopic (exact) mass is 385 g/mol. The molecular formula is C16H14BrCl2NO. The first-order valence-electron chi connectivity index (χ1n) is 6.41. The molecule has 0 bridgehead atoms. The number of nitrogens with one attached hydrogen (secondary N) is 1. The summed E-state index contributed by atoms with van der Waals surface area (Å²) in [6.45, 7) is 3.85. The number of rotatable bonds is 3. The van der Waals surface area contributed by atoms with Crippen LogP contribution >= 0.6 is 39.1 Å². The average molecular weight is 387 g/mol. The molecule has 0 aliphatic heterocycles. The molecule has 0 saturated heterocycles. The molecule has 0 aromatic heterocycles. The Morgan fingerprint density at radius 3 is 2.57 bits per heavy atom. The second-order valence-electron chi connectivity index (χ2n) is 4.81. The van der Waals surface area contributed by atoms with E-state index in [9.17, 15) is 4.79 Å². The van der Waals surface area contributed by atoms with Gasteiger partial charge in [0, 0.05) is 4.47 Å². The summed E-state index contributed by atoms with van der Waals surface area (Å²) in [5.41, 5.74) is 2.54. The van der Waals surface area contributed by atoms with Crippen molar-refractivity contribution in [3.63, 3.8) is 0 Å². The van der Waals surface area contributed by atoms with Crippen molar-refractivity contribution in [2.24, 2.45) is 0 Å². The minimum Gasteiger partial charge on any atom is -0.345 e. The lowest BCUT2D eigenvalue weighted by atomic mass is 10.1. The highest BCUT2D eigenvalue weighted by atomic mass is 79.9. The fourth-order valence-electron chi connectivity index (χ4n) is 1.96. The third-order valence-corrected chi connectivity index (χ3v) is 5.02. The van der Waals surface area contributed by atoms with Crippen LogP contribution in [0.2, 0.25) is 10.0 Å². The molecule has 0 saturated carbocycles. The number of hydrogen-bond donors (Lipinski definition) is 1. The summed E-state index contributed by atoms with van der Waals surface area (Å²) in [4.78, 5) is 12.4. The van der Waals surface area contributed by atoms with Crippen molar-refractivity contribution in [1.82, 2.24) is 5.32 Å². The minimum atomic E-state index is -0.167. The van der Waals surface area contributed by atoms with Gasteiger partial charge in [0.15, 0.2) is 0 Å². The van der Waals surface area contributed by atoms with Gasteiger partial charge < -0.3 is 5.32 Å². The molecule has 2 aromatic rings. The van der Waals surface area contributed by atoms with Gasteiger partial charge in [-0.25, -0.2) is 0 Å². The largest absolute Gasteiger partial charge is 0.345 e. The van der Waals surface area contributed by atoms with Crippen LogP contribution in [0, 0.1) is 6.92 Å². The number of halogens is 3. The Balaban J connectivity index is 2.18. The summed E-state index contributed by atoms with van der Waals surface area (Å²) in [5, 5.41) is 3.94. The summed E-state index contributed by atoms with van der Waals surface area (Å²) in [5.74, 6) is -0.135. The minimum absolute atomic E-state index is 0.135. The van der Waals surface area contributed by atoms with Gasteiger partial charge in [-0.05, 0) is 59.1 Å². The normalized spacial score (nSPS) is 12.0. The smallest absolute Gasteiger partial charge is 0.252 e. The zero-order chi connectivity index (χ0) is 15.6. The SMILES string of the molecule is Cc1cccc(C(=O)NC(C)c2ccc(Cl)c(Cl)c2)c1Br. The highest BCUT2D eigenvalue weighted by molar-refractivity contribution is 9.10. The van der Waals surface area contributed by atoms with Crippen LogP contribution in [0.5, 0.6) is 0 Å². The van der Waals surface area contributed by atoms with Crippen molar-refractivity contribution >= 4 is 45.0 Å². The first-order valence-corrected chi connectivity index (χ1v) is 7.96. The number of carbonyl (C=O) groups excluding carboxylic acids is 1. The van der Waals surface area contributed by atoms with Gasteiger partial charge in [-0.2, -0.15) is 0 Å². The molecule has 1 unspecified atom stereocenters. The molecule has 0 aliphatic carbocycles. The van der Waals surface area contributed by atoms with E-state index < -0.39 is 0 Å². The van der Waals surface area contributed by atoms with Crippen LogP contribution in [-0.2, 0) is 0 Å². The van der Waals surface area contributed by atoms with Crippen LogP contribution in [0.25, 0.3) is 0 Å². The number of carbonyl (C=O) groups is 1. The fraction of sp³-hybridized carbons (Fsp3) is 0.188. The molecule has 110 valence electrons. The zero-order valence-corrected chi connectivity index (χ0v) is 14.7. The Labute approximate surface area is 142 Å². The van der Waals surface area contributed by atoms with Crippen molar-refractivity contribution in [3.05, 3.63) is 67.6 Å². The Hall–Kier alpha value is -1.03. The molecule has 0 heterocycles. The highest BCUT2D eigenvalue weighted by Crippen LogP contribution is 2.26. The lowest BCUT2D eigenvalue weighted by Gasteiger charge is -2.16. The van der Waals surface area contributed by atoms with Gasteiger partial charge in [-0.3, -0.25) is 4.79 Å². The van der Waals surface area contributed by atoms with Gasteiger partial charge in [-0.15, -0.1) is 0 Å². The summed E-state index contributed by atoms with van der Waals surface area (Å²) in [6, 6.07) is 10.8. The quantitative estimate of drug-likeness (QED) is 0.735. The van der Waals surface area contributed by atoms with E-state index in [1.807, 2.05) is 32.0 Å². The second-order valence-corrected chi connectivity index (χ2v) is 6.41. The van der Waals surface area contributed by atoms with E-state index in [0.717, 1.165) is 15.6 Å². The molecule has 0 aliphatic rings. The second kappa shape index (κ2) is 6.82. The predicted octanol–water partition coefficient (Wildman–Crippen LogP) is 5.56. The highest BCUT2D eigenvalue weighted by Gasteiger charge is 2.15. The standard InChI is InChI=1S/C16H14BrCl2NO/c1-9-4-3-5-12(15(9)17)16(21)20-10(2)11-6-7-13(18)14(19)8-11/h3-8,10H,1-2H3,(H,20,21). The number of aryl methyl sites for hydroxylation is 1. The number of hydrogen-bond acceptors (Lipinski definition) is 1. The molecule has 21 heavy (non-hydrogen) atoms. The van der Waals surface area contributed by atoms with E-state index in [1.54, 1.807) is 18.2 Å². The first-order chi connectivity index (χ1) is 9.90. The molecule has 2 nitrogen and oxygen atoms in total. The summed E-state index contributed by atoms with van der Waals surface area (Å²) < 4.78 is 0.809. The van der Waals surface area contributed by atoms with Gasteiger partial charge >= 0.3 is 0 Å². The maximum absolute atomic E-state index is 12.4. The Kier molecular flexibility index (Phi) is 5.31. The van der Waals surface area contributed by atoms with E-state index in [0.29, 0.717) is 15.6 Å². The molecule has 0 spiro atoms. The molecule has 1 atom stereocenters. The van der Waals surface area contributed by atoms with Gasteiger partial charge in [0.2, 0.25) is 0 Å². The summed E-state index contributed by atoms with van der Waals surface area (Å²) >= 11 is 15.4. The van der Waals surface area contributed by atoms with Crippen molar-refractivity contribution in [2.45, 2.75) is 19.9 Å². The van der Waals surface area contributed by atoms with Crippen LogP contribution in [0.1, 0.15) is 34.5 Å². The zero-order valence-electron chi connectivity index (χ0n) is 11.6. The number of amides is 1. The van der Waals surface area contributed by atoms with Crippen molar-refractivity contribution in [2.75, 3.05) is 0 Å². The fourth-order valence-corrected chi connectivity index (χ4v) is 2.71. The molecule has 1 amide bonds. The van der Waals surface area contributed by atoms with E-state index in [1.165, 1.54) is 0 Å². The average Bonchev–Trinajstić information content (AvgIpc) is 2.44. The van der Waals surface area contributed by atoms with E-state index in [2.05, 4.69) is 21.2 Å². The maximum Gasteiger partial charge on any atom is 0.252 e. The third-order valence-electron chi connectivity index (χ3n) is 3.23. The Morgan fingerprint density at radius 2 is 1.90 bits per heavy atom. The molecule has 0 radical (unpaired) electrons. The summed E-state index contributed by atoms with van der Waals surface area (Å²) in [6.07, 6.45) is 0. The predicted molar refractivity (Wildman–Crippen MR) is 91.2 cm³/mol. The Morgan fingerprint density at radius 1 is 1.19 bits per heavy atom. The lowest BCUT2D eigenvalue weighted by molar-refractivity contribution is 0.0939. The van der Waals surface area contributed by atoms with Gasteiger partial charge in [-0.1, -0.05) is 41.4 Å². The van der Waals surface area contributed by atoms with Crippen LogP contribution in [0.4, 0.5) is 0 Å². The molecular weight excluding hydrogens is 373 g/mol. The van der Waals surface area contributed by atoms with Gasteiger partial charge in [0.05, 0.1) is 21.7 Å². The molecule has 5 heteroatoms.